The Balaban J connectivity index is 1.39. The summed E-state index contributed by atoms with van der Waals surface area (Å²) in [7, 11) is -1.77. The molecule has 0 bridgehead atoms. The van der Waals surface area contributed by atoms with E-state index in [0.717, 1.165) is 27.6 Å². The number of aryl methyl sites for hydroxylation is 1. The van der Waals surface area contributed by atoms with E-state index in [0.29, 0.717) is 37.6 Å². The lowest BCUT2D eigenvalue weighted by atomic mass is 10.2. The Labute approximate surface area is 181 Å². The van der Waals surface area contributed by atoms with Gasteiger partial charge in [0.2, 0.25) is 10.0 Å². The summed E-state index contributed by atoms with van der Waals surface area (Å²) in [6.07, 6.45) is 0. The third-order valence-electron chi connectivity index (χ3n) is 5.26. The molecule has 0 N–H and O–H groups in total. The van der Waals surface area contributed by atoms with Gasteiger partial charge in [-0.05, 0) is 31.2 Å². The Morgan fingerprint density at radius 3 is 2.43 bits per heavy atom. The molecule has 4 rings (SSSR count). The number of methoxy groups -OCH3 is 1. The van der Waals surface area contributed by atoms with Crippen molar-refractivity contribution in [2.24, 2.45) is 0 Å². The van der Waals surface area contributed by atoms with Crippen LogP contribution in [0.2, 0.25) is 0 Å². The van der Waals surface area contributed by atoms with E-state index >= 15 is 0 Å². The Kier molecular flexibility index (Phi) is 6.19. The average Bonchev–Trinajstić information content (AvgIpc) is 3.22. The first-order valence-corrected chi connectivity index (χ1v) is 12.2. The van der Waals surface area contributed by atoms with Crippen LogP contribution in [0.4, 0.5) is 0 Å². The molecule has 8 heteroatoms. The molecule has 6 nitrogen and oxygen atoms in total. The van der Waals surface area contributed by atoms with E-state index in [4.69, 9.17) is 9.72 Å². The molecule has 0 radical (unpaired) electrons. The van der Waals surface area contributed by atoms with Gasteiger partial charge in [-0.3, -0.25) is 4.90 Å². The summed E-state index contributed by atoms with van der Waals surface area (Å²) in [6.45, 7) is 5.01. The molecule has 0 unspecified atom stereocenters. The number of benzene rings is 2. The maximum atomic E-state index is 12.9. The van der Waals surface area contributed by atoms with Crippen molar-refractivity contribution < 1.29 is 13.2 Å². The van der Waals surface area contributed by atoms with Gasteiger partial charge in [0.05, 0.1) is 23.3 Å². The molecule has 1 aliphatic rings. The van der Waals surface area contributed by atoms with Gasteiger partial charge in [-0.2, -0.15) is 4.31 Å². The number of rotatable bonds is 6. The largest absolute Gasteiger partial charge is 0.496 e. The number of piperazine rings is 1. The molecule has 0 atom stereocenters. The van der Waals surface area contributed by atoms with Crippen LogP contribution in [0.1, 0.15) is 11.3 Å². The zero-order valence-corrected chi connectivity index (χ0v) is 18.7. The van der Waals surface area contributed by atoms with Gasteiger partial charge in [0, 0.05) is 38.1 Å². The van der Waals surface area contributed by atoms with Crippen molar-refractivity contribution in [3.05, 3.63) is 65.2 Å². The second-order valence-corrected chi connectivity index (χ2v) is 10.1. The van der Waals surface area contributed by atoms with Crippen LogP contribution in [-0.4, -0.2) is 55.9 Å². The highest BCUT2D eigenvalue weighted by atomic mass is 32.2. The Hall–Kier alpha value is -2.26. The first-order chi connectivity index (χ1) is 14.5. The SMILES string of the molecule is COc1ccccc1-c1nc(CN2CCN(S(=O)(=O)c3ccc(C)cc3)CC2)cs1. The van der Waals surface area contributed by atoms with Crippen LogP contribution in [0.25, 0.3) is 10.6 Å². The fourth-order valence-corrected chi connectivity index (χ4v) is 5.80. The average molecular weight is 444 g/mol. The van der Waals surface area contributed by atoms with Crippen molar-refractivity contribution in [3.63, 3.8) is 0 Å². The molecule has 0 spiro atoms. The molecule has 158 valence electrons. The summed E-state index contributed by atoms with van der Waals surface area (Å²) in [5, 5.41) is 3.00. The van der Waals surface area contributed by atoms with Gasteiger partial charge in [-0.1, -0.05) is 29.8 Å². The van der Waals surface area contributed by atoms with E-state index in [1.807, 2.05) is 43.3 Å². The zero-order valence-electron chi connectivity index (χ0n) is 17.1. The number of para-hydroxylation sites is 1. The topological polar surface area (TPSA) is 62.7 Å². The van der Waals surface area contributed by atoms with Gasteiger partial charge in [0.1, 0.15) is 10.8 Å². The summed E-state index contributed by atoms with van der Waals surface area (Å²) in [5.74, 6) is 0.813. The highest BCUT2D eigenvalue weighted by Crippen LogP contribution is 2.32. The summed E-state index contributed by atoms with van der Waals surface area (Å²) in [5.41, 5.74) is 3.04. The maximum Gasteiger partial charge on any atom is 0.243 e. The van der Waals surface area contributed by atoms with Crippen molar-refractivity contribution in [3.8, 4) is 16.3 Å². The monoisotopic (exact) mass is 443 g/mol. The molecular formula is C22H25N3O3S2. The molecule has 1 aromatic heterocycles. The molecule has 1 saturated heterocycles. The molecule has 2 heterocycles. The van der Waals surface area contributed by atoms with Gasteiger partial charge in [-0.15, -0.1) is 11.3 Å². The van der Waals surface area contributed by atoms with Crippen molar-refractivity contribution in [2.45, 2.75) is 18.4 Å². The van der Waals surface area contributed by atoms with Crippen LogP contribution < -0.4 is 4.74 Å². The summed E-state index contributed by atoms with van der Waals surface area (Å²) in [4.78, 5) is 7.39. The zero-order chi connectivity index (χ0) is 21.1. The van der Waals surface area contributed by atoms with Gasteiger partial charge in [0.15, 0.2) is 0 Å². The molecule has 0 saturated carbocycles. The van der Waals surface area contributed by atoms with Crippen molar-refractivity contribution in [1.29, 1.82) is 0 Å². The normalized spacial score (nSPS) is 15.9. The molecule has 2 aromatic carbocycles. The van der Waals surface area contributed by atoms with Crippen molar-refractivity contribution >= 4 is 21.4 Å². The van der Waals surface area contributed by atoms with Crippen LogP contribution in [-0.2, 0) is 16.6 Å². The number of sulfonamides is 1. The Morgan fingerprint density at radius 2 is 1.73 bits per heavy atom. The second-order valence-electron chi connectivity index (χ2n) is 7.34. The lowest BCUT2D eigenvalue weighted by Crippen LogP contribution is -2.48. The number of hydrogen-bond acceptors (Lipinski definition) is 6. The lowest BCUT2D eigenvalue weighted by Gasteiger charge is -2.33. The van der Waals surface area contributed by atoms with E-state index in [-0.39, 0.29) is 0 Å². The number of aromatic nitrogens is 1. The highest BCUT2D eigenvalue weighted by Gasteiger charge is 2.28. The summed E-state index contributed by atoms with van der Waals surface area (Å²) >= 11 is 1.60. The maximum absolute atomic E-state index is 12.9. The van der Waals surface area contributed by atoms with E-state index in [1.54, 1.807) is 34.9 Å². The smallest absolute Gasteiger partial charge is 0.243 e. The van der Waals surface area contributed by atoms with Gasteiger partial charge in [-0.25, -0.2) is 13.4 Å². The highest BCUT2D eigenvalue weighted by molar-refractivity contribution is 7.89. The van der Waals surface area contributed by atoms with E-state index < -0.39 is 10.0 Å². The van der Waals surface area contributed by atoms with Gasteiger partial charge >= 0.3 is 0 Å². The van der Waals surface area contributed by atoms with Crippen molar-refractivity contribution in [1.82, 2.24) is 14.2 Å². The molecule has 3 aromatic rings. The summed E-state index contributed by atoms with van der Waals surface area (Å²) < 4.78 is 32.8. The fraction of sp³-hybridized carbons (Fsp3) is 0.318. The number of thiazole rings is 1. The Bertz CT molecular complexity index is 1100. The van der Waals surface area contributed by atoms with Crippen LogP contribution in [0.5, 0.6) is 5.75 Å². The number of hydrogen-bond donors (Lipinski definition) is 0. The predicted octanol–water partition coefficient (Wildman–Crippen LogP) is 3.63. The van der Waals surface area contributed by atoms with Gasteiger partial charge in [0.25, 0.3) is 0 Å². The molecular weight excluding hydrogens is 418 g/mol. The standard InChI is InChI=1S/C22H25N3O3S2/c1-17-7-9-19(10-8-17)30(26,27)25-13-11-24(12-14-25)15-18-16-29-22(23-18)20-5-3-4-6-21(20)28-2/h3-10,16H,11-15H2,1-2H3. The molecule has 30 heavy (non-hydrogen) atoms. The minimum absolute atomic E-state index is 0.363. The Morgan fingerprint density at radius 1 is 1.03 bits per heavy atom. The minimum Gasteiger partial charge on any atom is -0.496 e. The summed E-state index contributed by atoms with van der Waals surface area (Å²) in [6, 6.07) is 14.9. The van der Waals surface area contributed by atoms with Crippen molar-refractivity contribution in [2.75, 3.05) is 33.3 Å². The van der Waals surface area contributed by atoms with Crippen LogP contribution >= 0.6 is 11.3 Å². The van der Waals surface area contributed by atoms with E-state index in [2.05, 4.69) is 10.3 Å². The van der Waals surface area contributed by atoms with Gasteiger partial charge < -0.3 is 4.74 Å². The quantitative estimate of drug-likeness (QED) is 0.582. The van der Waals surface area contributed by atoms with Crippen LogP contribution in [0.15, 0.2) is 58.8 Å². The lowest BCUT2D eigenvalue weighted by molar-refractivity contribution is 0.180. The molecule has 1 aliphatic heterocycles. The molecule has 1 fully saturated rings. The second kappa shape index (κ2) is 8.85. The molecule has 0 aliphatic carbocycles. The van der Waals surface area contributed by atoms with Crippen LogP contribution in [0.3, 0.4) is 0 Å². The minimum atomic E-state index is -3.44. The number of nitrogens with zero attached hydrogens (tertiary/aromatic N) is 3. The van der Waals surface area contributed by atoms with E-state index in [9.17, 15) is 8.42 Å². The third kappa shape index (κ3) is 4.41. The fourth-order valence-electron chi connectivity index (χ4n) is 3.54. The first kappa shape index (κ1) is 21.0. The predicted molar refractivity (Wildman–Crippen MR) is 119 cm³/mol. The van der Waals surface area contributed by atoms with E-state index in [1.165, 1.54) is 0 Å². The number of ether oxygens (including phenoxy) is 1. The molecule has 0 amide bonds. The first-order valence-electron chi connectivity index (χ1n) is 9.84. The third-order valence-corrected chi connectivity index (χ3v) is 8.10. The van der Waals surface area contributed by atoms with Crippen LogP contribution in [0, 0.1) is 6.92 Å².